The molecule has 1 aliphatic rings. The Labute approximate surface area is 113 Å². The van der Waals surface area contributed by atoms with Crippen molar-refractivity contribution in [1.29, 1.82) is 0 Å². The third-order valence-corrected chi connectivity index (χ3v) is 4.93. The van der Waals surface area contributed by atoms with Crippen LogP contribution < -0.4 is 0 Å². The van der Waals surface area contributed by atoms with E-state index >= 15 is 0 Å². The molecule has 98 valence electrons. The Hall–Kier alpha value is -0.715. The Bertz CT molecular complexity index is 366. The Morgan fingerprint density at radius 1 is 1.11 bits per heavy atom. The molecular weight excluding hydrogens is 215 g/mol. The molecule has 0 unspecified atom stereocenters. The van der Waals surface area contributed by atoms with E-state index in [1.165, 1.54) is 24.8 Å². The zero-order valence-electron chi connectivity index (χ0n) is 12.3. The van der Waals surface area contributed by atoms with Crippen molar-refractivity contribution in [3.63, 3.8) is 0 Å². The molecule has 0 spiro atoms. The van der Waals surface area contributed by atoms with Gasteiger partial charge in [-0.2, -0.15) is 0 Å². The number of hydrogen-bond donors (Lipinski definition) is 0. The predicted octanol–water partition coefficient (Wildman–Crippen LogP) is 5.30. The predicted molar refractivity (Wildman–Crippen MR) is 81.4 cm³/mol. The molecule has 0 aliphatic heterocycles. The van der Waals surface area contributed by atoms with E-state index in [1.54, 1.807) is 0 Å². The maximum atomic E-state index is 2.64. The van der Waals surface area contributed by atoms with Crippen LogP contribution in [0.4, 0.5) is 0 Å². The molecule has 2 atom stereocenters. The fourth-order valence-corrected chi connectivity index (χ4v) is 3.05. The Kier molecular flexibility index (Phi) is 4.19. The summed E-state index contributed by atoms with van der Waals surface area (Å²) in [5.41, 5.74) is 1.54. The number of rotatable bonds is 4. The van der Waals surface area contributed by atoms with E-state index in [0.29, 0.717) is 5.31 Å². The van der Waals surface area contributed by atoms with Gasteiger partial charge in [-0.15, -0.1) is 0 Å². The maximum Gasteiger partial charge on any atom is -0.0480 e. The molecule has 0 aromatic heterocycles. The van der Waals surface area contributed by atoms with E-state index in [2.05, 4.69) is 65.3 Å². The number of benzene rings is 1. The Morgan fingerprint density at radius 3 is 2.39 bits per heavy atom. The summed E-state index contributed by atoms with van der Waals surface area (Å²) in [4.78, 5) is 0. The molecule has 0 nitrogen and oxygen atoms in total. The molecular formula is C17H26B-. The molecule has 18 heavy (non-hydrogen) atoms. The highest BCUT2D eigenvalue weighted by atomic mass is 14.3. The van der Waals surface area contributed by atoms with E-state index in [4.69, 9.17) is 0 Å². The van der Waals surface area contributed by atoms with Crippen molar-refractivity contribution in [2.75, 3.05) is 0 Å². The number of hydrogen-bond acceptors (Lipinski definition) is 0. The average molecular weight is 241 g/mol. The highest BCUT2D eigenvalue weighted by molar-refractivity contribution is 6.42. The van der Waals surface area contributed by atoms with Crippen molar-refractivity contribution >= 4 is 7.28 Å². The lowest BCUT2D eigenvalue weighted by Gasteiger charge is -2.48. The van der Waals surface area contributed by atoms with Crippen LogP contribution in [-0.4, -0.2) is 7.28 Å². The fourth-order valence-electron chi connectivity index (χ4n) is 3.05. The third-order valence-electron chi connectivity index (χ3n) is 4.93. The van der Waals surface area contributed by atoms with Gasteiger partial charge in [-0.25, -0.2) is 11.1 Å². The summed E-state index contributed by atoms with van der Waals surface area (Å²) in [6, 6.07) is 11.1. The van der Waals surface area contributed by atoms with Gasteiger partial charge in [-0.3, -0.25) is 0 Å². The first-order chi connectivity index (χ1) is 8.50. The lowest BCUT2D eigenvalue weighted by Crippen LogP contribution is -2.24. The second kappa shape index (κ2) is 5.51. The SMILES string of the molecule is CC(C)C(C)(C)[B-][C@H]1CCC[C@@H]1c1ccccc1. The van der Waals surface area contributed by atoms with Crippen LogP contribution in [-0.2, 0) is 0 Å². The van der Waals surface area contributed by atoms with Crippen LogP contribution in [0.2, 0.25) is 11.1 Å². The van der Waals surface area contributed by atoms with Gasteiger partial charge in [0.1, 0.15) is 0 Å². The minimum atomic E-state index is 0.349. The topological polar surface area (TPSA) is 0 Å². The van der Waals surface area contributed by atoms with Crippen LogP contribution in [0, 0.1) is 5.92 Å². The molecule has 0 saturated heterocycles. The summed E-state index contributed by atoms with van der Waals surface area (Å²) in [5.74, 6) is 2.24. The zero-order valence-corrected chi connectivity index (χ0v) is 12.3. The molecule has 1 heteroatoms. The molecule has 0 bridgehead atoms. The second-order valence-electron chi connectivity index (χ2n) is 6.75. The lowest BCUT2D eigenvalue weighted by atomic mass is 9.41. The van der Waals surface area contributed by atoms with Crippen molar-refractivity contribution in [3.8, 4) is 0 Å². The largest absolute Gasteiger partial charge is 0.323 e. The normalized spacial score (nSPS) is 24.7. The van der Waals surface area contributed by atoms with E-state index in [1.807, 2.05) is 0 Å². The molecule has 1 aromatic rings. The van der Waals surface area contributed by atoms with Crippen LogP contribution in [0.1, 0.15) is 58.4 Å². The molecule has 1 saturated carbocycles. The Morgan fingerprint density at radius 2 is 1.78 bits per heavy atom. The minimum absolute atomic E-state index is 0.349. The minimum Gasteiger partial charge on any atom is -0.323 e. The van der Waals surface area contributed by atoms with Gasteiger partial charge in [-0.1, -0.05) is 82.7 Å². The van der Waals surface area contributed by atoms with Crippen LogP contribution in [0.5, 0.6) is 0 Å². The van der Waals surface area contributed by atoms with Gasteiger partial charge < -0.3 is 7.28 Å². The van der Waals surface area contributed by atoms with Crippen LogP contribution in [0.15, 0.2) is 30.3 Å². The highest BCUT2D eigenvalue weighted by Gasteiger charge is 2.24. The molecule has 0 N–H and O–H groups in total. The molecule has 2 rings (SSSR count). The zero-order chi connectivity index (χ0) is 13.2. The standard InChI is InChI=1S/C17H26B/c1-13(2)17(3,4)18-16-12-8-11-15(16)14-9-6-5-7-10-14/h5-7,9-10,13,15-16H,8,11-12H2,1-4H3/q-1/t15-,16+/m1/s1. The molecule has 2 radical (unpaired) electrons. The lowest BCUT2D eigenvalue weighted by molar-refractivity contribution is 0.465. The van der Waals surface area contributed by atoms with E-state index < -0.39 is 0 Å². The van der Waals surface area contributed by atoms with Gasteiger partial charge in [0.05, 0.1) is 0 Å². The molecule has 0 amide bonds. The molecule has 1 fully saturated rings. The fraction of sp³-hybridized carbons (Fsp3) is 0.647. The van der Waals surface area contributed by atoms with Gasteiger partial charge in [0, 0.05) is 0 Å². The summed E-state index contributed by atoms with van der Waals surface area (Å²) in [7, 11) is 2.64. The summed E-state index contributed by atoms with van der Waals surface area (Å²) in [5, 5.41) is 0.349. The van der Waals surface area contributed by atoms with Crippen molar-refractivity contribution in [3.05, 3.63) is 35.9 Å². The third kappa shape index (κ3) is 2.99. The summed E-state index contributed by atoms with van der Waals surface area (Å²) in [6.45, 7) is 9.45. The van der Waals surface area contributed by atoms with Crippen LogP contribution in [0.25, 0.3) is 0 Å². The summed E-state index contributed by atoms with van der Waals surface area (Å²) >= 11 is 0. The van der Waals surface area contributed by atoms with Crippen LogP contribution >= 0.6 is 0 Å². The van der Waals surface area contributed by atoms with Gasteiger partial charge in [0.25, 0.3) is 0 Å². The monoisotopic (exact) mass is 241 g/mol. The van der Waals surface area contributed by atoms with Gasteiger partial charge >= 0.3 is 0 Å². The first-order valence-corrected chi connectivity index (χ1v) is 7.41. The van der Waals surface area contributed by atoms with Gasteiger partial charge in [-0.05, 0) is 12.0 Å². The van der Waals surface area contributed by atoms with Crippen molar-refractivity contribution in [2.24, 2.45) is 5.92 Å². The van der Waals surface area contributed by atoms with E-state index in [0.717, 1.165) is 17.7 Å². The summed E-state index contributed by atoms with van der Waals surface area (Å²) < 4.78 is 0. The van der Waals surface area contributed by atoms with Crippen LogP contribution in [0.3, 0.4) is 0 Å². The second-order valence-corrected chi connectivity index (χ2v) is 6.75. The Balaban J connectivity index is 2.09. The van der Waals surface area contributed by atoms with Crippen molar-refractivity contribution in [2.45, 2.75) is 64.0 Å². The summed E-state index contributed by atoms with van der Waals surface area (Å²) in [6.07, 6.45) is 4.12. The van der Waals surface area contributed by atoms with E-state index in [-0.39, 0.29) is 0 Å². The molecule has 1 aromatic carbocycles. The van der Waals surface area contributed by atoms with Gasteiger partial charge in [0.15, 0.2) is 0 Å². The smallest absolute Gasteiger partial charge is 0.0480 e. The first-order valence-electron chi connectivity index (χ1n) is 7.41. The van der Waals surface area contributed by atoms with Crippen molar-refractivity contribution < 1.29 is 0 Å². The molecule has 1 aliphatic carbocycles. The highest BCUT2D eigenvalue weighted by Crippen LogP contribution is 2.48. The maximum absolute atomic E-state index is 2.64. The van der Waals surface area contributed by atoms with Gasteiger partial charge in [0.2, 0.25) is 0 Å². The van der Waals surface area contributed by atoms with Crippen molar-refractivity contribution in [1.82, 2.24) is 0 Å². The van der Waals surface area contributed by atoms with E-state index in [9.17, 15) is 0 Å². The quantitative estimate of drug-likeness (QED) is 0.627. The average Bonchev–Trinajstić information content (AvgIpc) is 2.77. The molecule has 0 heterocycles. The first kappa shape index (κ1) is 13.7.